The maximum absolute atomic E-state index is 4.14. The monoisotopic (exact) mass is 226 g/mol. The largest absolute Gasteiger partial charge is 0.359 e. The number of hydrogen-bond acceptors (Lipinski definition) is 2. The van der Waals surface area contributed by atoms with Crippen molar-refractivity contribution in [1.29, 1.82) is 0 Å². The van der Waals surface area contributed by atoms with Gasteiger partial charge in [0.1, 0.15) is 0 Å². The van der Waals surface area contributed by atoms with E-state index in [0.717, 1.165) is 12.5 Å². The minimum Gasteiger partial charge on any atom is -0.359 e. The summed E-state index contributed by atoms with van der Waals surface area (Å²) < 4.78 is 0. The predicted molar refractivity (Wildman–Crippen MR) is 69.9 cm³/mol. The number of nitrogens with zero attached hydrogens (tertiary/aromatic N) is 2. The van der Waals surface area contributed by atoms with Crippen molar-refractivity contribution in [2.45, 2.75) is 32.7 Å². The summed E-state index contributed by atoms with van der Waals surface area (Å²) in [6.07, 6.45) is 2.70. The Bertz CT molecular complexity index is 219. The molecule has 0 bridgehead atoms. The summed E-state index contributed by atoms with van der Waals surface area (Å²) in [6.45, 7) is 8.08. The molecule has 4 heteroatoms. The van der Waals surface area contributed by atoms with E-state index < -0.39 is 0 Å². The molecular weight excluding hydrogens is 200 g/mol. The fourth-order valence-electron chi connectivity index (χ4n) is 2.34. The minimum atomic E-state index is 0.618. The van der Waals surface area contributed by atoms with Gasteiger partial charge >= 0.3 is 0 Å². The quantitative estimate of drug-likeness (QED) is 0.553. The first-order chi connectivity index (χ1) is 7.69. The molecule has 0 aliphatic carbocycles. The van der Waals surface area contributed by atoms with Gasteiger partial charge in [-0.25, -0.2) is 0 Å². The first-order valence-electron chi connectivity index (χ1n) is 6.31. The maximum atomic E-state index is 4.14. The molecule has 0 aromatic rings. The number of nitrogens with one attached hydrogen (secondary N) is 2. The van der Waals surface area contributed by atoms with Gasteiger partial charge in [0.25, 0.3) is 0 Å². The first kappa shape index (κ1) is 13.3. The van der Waals surface area contributed by atoms with Gasteiger partial charge in [-0.15, -0.1) is 0 Å². The second kappa shape index (κ2) is 6.74. The Balaban J connectivity index is 2.44. The fourth-order valence-corrected chi connectivity index (χ4v) is 2.34. The van der Waals surface area contributed by atoms with Gasteiger partial charge in [-0.05, 0) is 31.8 Å². The molecule has 1 atom stereocenters. The summed E-state index contributed by atoms with van der Waals surface area (Å²) in [5, 5.41) is 6.43. The third-order valence-electron chi connectivity index (χ3n) is 3.32. The van der Waals surface area contributed by atoms with E-state index in [0.29, 0.717) is 12.0 Å². The molecule has 4 nitrogen and oxygen atoms in total. The van der Waals surface area contributed by atoms with Gasteiger partial charge in [0.15, 0.2) is 5.96 Å². The summed E-state index contributed by atoms with van der Waals surface area (Å²) in [6, 6.07) is 0.618. The molecule has 1 saturated heterocycles. The van der Waals surface area contributed by atoms with Crippen molar-refractivity contribution < 1.29 is 0 Å². The summed E-state index contributed by atoms with van der Waals surface area (Å²) in [5.41, 5.74) is 0. The third kappa shape index (κ3) is 3.67. The smallest absolute Gasteiger partial charge is 0.190 e. The summed E-state index contributed by atoms with van der Waals surface area (Å²) in [7, 11) is 3.70. The normalized spacial score (nSPS) is 20.2. The molecule has 94 valence electrons. The van der Waals surface area contributed by atoms with Crippen LogP contribution in [0.1, 0.15) is 26.7 Å². The van der Waals surface area contributed by atoms with Gasteiger partial charge in [0.2, 0.25) is 0 Å². The lowest BCUT2D eigenvalue weighted by molar-refractivity contribution is 0.192. The van der Waals surface area contributed by atoms with E-state index in [2.05, 4.69) is 34.4 Å². The van der Waals surface area contributed by atoms with E-state index in [9.17, 15) is 0 Å². The Morgan fingerprint density at radius 3 is 2.38 bits per heavy atom. The molecule has 1 aliphatic heterocycles. The molecule has 0 aromatic carbocycles. The number of hydrogen-bond donors (Lipinski definition) is 2. The number of aliphatic imine (C=N–C) groups is 1. The van der Waals surface area contributed by atoms with Crippen molar-refractivity contribution in [1.82, 2.24) is 15.5 Å². The minimum absolute atomic E-state index is 0.618. The average Bonchev–Trinajstić information content (AvgIpc) is 2.77. The molecule has 0 radical (unpaired) electrons. The molecule has 1 heterocycles. The topological polar surface area (TPSA) is 39.7 Å². The van der Waals surface area contributed by atoms with Crippen molar-refractivity contribution in [3.8, 4) is 0 Å². The average molecular weight is 226 g/mol. The van der Waals surface area contributed by atoms with Crippen LogP contribution in [0, 0.1) is 5.92 Å². The van der Waals surface area contributed by atoms with Crippen LogP contribution in [0.15, 0.2) is 4.99 Å². The number of likely N-dealkylation sites (tertiary alicyclic amines) is 1. The van der Waals surface area contributed by atoms with Crippen LogP contribution in [0.5, 0.6) is 0 Å². The van der Waals surface area contributed by atoms with Crippen molar-refractivity contribution in [2.75, 3.05) is 33.7 Å². The lowest BCUT2D eigenvalue weighted by atomic mass is 10.0. The molecule has 2 N–H and O–H groups in total. The molecule has 16 heavy (non-hydrogen) atoms. The molecule has 0 saturated carbocycles. The van der Waals surface area contributed by atoms with E-state index in [1.807, 2.05) is 7.05 Å². The van der Waals surface area contributed by atoms with Gasteiger partial charge in [-0.3, -0.25) is 9.89 Å². The zero-order valence-corrected chi connectivity index (χ0v) is 11.1. The molecule has 0 aromatic heterocycles. The lowest BCUT2D eigenvalue weighted by Gasteiger charge is -2.31. The molecular formula is C12H26N4. The summed E-state index contributed by atoms with van der Waals surface area (Å²) in [5.74, 6) is 1.56. The molecule has 1 aliphatic rings. The first-order valence-corrected chi connectivity index (χ1v) is 6.31. The Morgan fingerprint density at radius 2 is 1.94 bits per heavy atom. The van der Waals surface area contributed by atoms with E-state index in [1.54, 1.807) is 7.05 Å². The standard InChI is InChI=1S/C12H26N4/c1-10(2)11(16-7-5-6-8-16)9-15-12(13-3)14-4/h10-11H,5-9H2,1-4H3,(H2,13,14,15). The molecule has 0 spiro atoms. The summed E-state index contributed by atoms with van der Waals surface area (Å²) >= 11 is 0. The van der Waals surface area contributed by atoms with Crippen molar-refractivity contribution in [3.05, 3.63) is 0 Å². The van der Waals surface area contributed by atoms with Crippen molar-refractivity contribution in [3.63, 3.8) is 0 Å². The zero-order chi connectivity index (χ0) is 12.0. The molecule has 1 fully saturated rings. The van der Waals surface area contributed by atoms with Crippen LogP contribution in [0.4, 0.5) is 0 Å². The van der Waals surface area contributed by atoms with Crippen molar-refractivity contribution in [2.24, 2.45) is 10.9 Å². The van der Waals surface area contributed by atoms with E-state index in [4.69, 9.17) is 0 Å². The van der Waals surface area contributed by atoms with Crippen LogP contribution in [0.3, 0.4) is 0 Å². The van der Waals surface area contributed by atoms with E-state index in [1.165, 1.54) is 25.9 Å². The van der Waals surface area contributed by atoms with Gasteiger partial charge in [-0.2, -0.15) is 0 Å². The highest BCUT2D eigenvalue weighted by Gasteiger charge is 2.24. The van der Waals surface area contributed by atoms with Gasteiger partial charge in [0, 0.05) is 26.7 Å². The van der Waals surface area contributed by atoms with E-state index in [-0.39, 0.29) is 0 Å². The third-order valence-corrected chi connectivity index (χ3v) is 3.32. The van der Waals surface area contributed by atoms with Gasteiger partial charge < -0.3 is 10.6 Å². The fraction of sp³-hybridized carbons (Fsp3) is 0.917. The van der Waals surface area contributed by atoms with Crippen LogP contribution in [-0.2, 0) is 0 Å². The Kier molecular flexibility index (Phi) is 5.60. The highest BCUT2D eigenvalue weighted by molar-refractivity contribution is 5.79. The van der Waals surface area contributed by atoms with Crippen molar-refractivity contribution >= 4 is 5.96 Å². The van der Waals surface area contributed by atoms with Gasteiger partial charge in [-0.1, -0.05) is 13.8 Å². The molecule has 1 unspecified atom stereocenters. The highest BCUT2D eigenvalue weighted by atomic mass is 15.2. The Labute approximate surface area is 99.5 Å². The Hall–Kier alpha value is -0.770. The second-order valence-electron chi connectivity index (χ2n) is 4.76. The lowest BCUT2D eigenvalue weighted by Crippen LogP contribution is -2.48. The molecule has 0 amide bonds. The molecule has 1 rings (SSSR count). The van der Waals surface area contributed by atoms with E-state index >= 15 is 0 Å². The SMILES string of the molecule is CN=C(NC)NCC(C(C)C)N1CCCC1. The van der Waals surface area contributed by atoms with Crippen LogP contribution in [0.25, 0.3) is 0 Å². The van der Waals surface area contributed by atoms with Crippen LogP contribution in [-0.4, -0.2) is 50.6 Å². The van der Waals surface area contributed by atoms with Crippen LogP contribution < -0.4 is 10.6 Å². The zero-order valence-electron chi connectivity index (χ0n) is 11.1. The highest BCUT2D eigenvalue weighted by Crippen LogP contribution is 2.16. The number of rotatable bonds is 4. The summed E-state index contributed by atoms with van der Waals surface area (Å²) in [4.78, 5) is 6.74. The predicted octanol–water partition coefficient (Wildman–Crippen LogP) is 0.902. The maximum Gasteiger partial charge on any atom is 0.190 e. The second-order valence-corrected chi connectivity index (χ2v) is 4.76. The van der Waals surface area contributed by atoms with Crippen LogP contribution in [0.2, 0.25) is 0 Å². The van der Waals surface area contributed by atoms with Gasteiger partial charge in [0.05, 0.1) is 0 Å². The number of guanidine groups is 1. The van der Waals surface area contributed by atoms with Crippen LogP contribution >= 0.6 is 0 Å². The Morgan fingerprint density at radius 1 is 1.31 bits per heavy atom.